The summed E-state index contributed by atoms with van der Waals surface area (Å²) in [6.45, 7) is 8.79. The summed E-state index contributed by atoms with van der Waals surface area (Å²) in [5.74, 6) is -0.353. The number of nitrogens with zero attached hydrogens (tertiary/aromatic N) is 2. The third-order valence-corrected chi connectivity index (χ3v) is 4.57. The number of hydrogen-bond acceptors (Lipinski definition) is 7. The summed E-state index contributed by atoms with van der Waals surface area (Å²) in [6, 6.07) is 1.66. The summed E-state index contributed by atoms with van der Waals surface area (Å²) in [7, 11) is 1.33. The van der Waals surface area contributed by atoms with Crippen LogP contribution in [0, 0.1) is 11.8 Å². The van der Waals surface area contributed by atoms with E-state index in [0.29, 0.717) is 18.8 Å². The number of hydrogen-bond donors (Lipinski definition) is 2. The molecular weight excluding hydrogens is 348 g/mol. The van der Waals surface area contributed by atoms with Crippen LogP contribution in [0.1, 0.15) is 34.1 Å². The fraction of sp³-hybridized carbons (Fsp3) is 0.632. The van der Waals surface area contributed by atoms with Gasteiger partial charge in [0.05, 0.1) is 31.1 Å². The van der Waals surface area contributed by atoms with E-state index in [2.05, 4.69) is 15.2 Å². The van der Waals surface area contributed by atoms with E-state index in [-0.39, 0.29) is 30.3 Å². The van der Waals surface area contributed by atoms with Gasteiger partial charge < -0.3 is 25.4 Å². The average molecular weight is 378 g/mol. The molecule has 1 aliphatic heterocycles. The maximum atomic E-state index is 12.4. The highest BCUT2D eigenvalue weighted by molar-refractivity contribution is 5.72. The molecule has 27 heavy (non-hydrogen) atoms. The van der Waals surface area contributed by atoms with Crippen LogP contribution in [0.2, 0.25) is 0 Å². The van der Waals surface area contributed by atoms with Crippen molar-refractivity contribution in [2.75, 3.05) is 30.8 Å². The number of nitrogens with two attached hydrogens (primary N) is 1. The molecule has 3 N–H and O–H groups in total. The van der Waals surface area contributed by atoms with E-state index in [9.17, 15) is 9.59 Å². The quantitative estimate of drug-likeness (QED) is 0.773. The lowest BCUT2D eigenvalue weighted by Gasteiger charge is -2.43. The standard InChI is InChI=1S/C19H30N4O4/c1-12-10-23(15-6-7-21-9-14(15)20)11-13(17(12)22-18(25)26-5)8-16(24)27-19(2,3)4/h6-7,9,12-13,17H,8,10-11,20H2,1-5H3,(H,22,25)/t12-,13+,17-/m0/s1. The molecule has 1 saturated heterocycles. The number of anilines is 2. The van der Waals surface area contributed by atoms with Crippen LogP contribution in [0.25, 0.3) is 0 Å². The Bertz CT molecular complexity index is 674. The van der Waals surface area contributed by atoms with E-state index in [1.807, 2.05) is 33.8 Å². The normalized spacial score (nSPS) is 22.9. The van der Waals surface area contributed by atoms with Gasteiger partial charge in [-0.3, -0.25) is 9.78 Å². The predicted molar refractivity (Wildman–Crippen MR) is 103 cm³/mol. The van der Waals surface area contributed by atoms with Gasteiger partial charge in [0, 0.05) is 31.2 Å². The Labute approximate surface area is 160 Å². The van der Waals surface area contributed by atoms with Crippen LogP contribution in [0.4, 0.5) is 16.2 Å². The minimum absolute atomic E-state index is 0.0813. The number of methoxy groups -OCH3 is 1. The van der Waals surface area contributed by atoms with E-state index in [0.717, 1.165) is 5.69 Å². The molecule has 1 aromatic heterocycles. The first kappa shape index (κ1) is 20.8. The van der Waals surface area contributed by atoms with Gasteiger partial charge in [-0.25, -0.2) is 4.79 Å². The number of carbonyl (C=O) groups excluding carboxylic acids is 2. The van der Waals surface area contributed by atoms with E-state index in [1.54, 1.807) is 12.4 Å². The Morgan fingerprint density at radius 2 is 2.07 bits per heavy atom. The fourth-order valence-electron chi connectivity index (χ4n) is 3.52. The second-order valence-electron chi connectivity index (χ2n) is 8.03. The molecule has 2 rings (SSSR count). The highest BCUT2D eigenvalue weighted by atomic mass is 16.6. The van der Waals surface area contributed by atoms with E-state index < -0.39 is 11.7 Å². The lowest BCUT2D eigenvalue weighted by molar-refractivity contribution is -0.156. The molecule has 150 valence electrons. The van der Waals surface area contributed by atoms with Gasteiger partial charge in [-0.2, -0.15) is 0 Å². The van der Waals surface area contributed by atoms with Gasteiger partial charge in [0.25, 0.3) is 0 Å². The number of ether oxygens (including phenoxy) is 2. The Hall–Kier alpha value is -2.51. The van der Waals surface area contributed by atoms with Crippen molar-refractivity contribution in [3.8, 4) is 0 Å². The van der Waals surface area contributed by atoms with E-state index in [1.165, 1.54) is 7.11 Å². The second kappa shape index (κ2) is 8.45. The Morgan fingerprint density at radius 3 is 2.67 bits per heavy atom. The molecule has 2 heterocycles. The van der Waals surface area contributed by atoms with Crippen LogP contribution < -0.4 is 16.0 Å². The number of nitrogens with one attached hydrogen (secondary N) is 1. The van der Waals surface area contributed by atoms with Gasteiger partial charge in [0.1, 0.15) is 5.60 Å². The molecule has 3 atom stereocenters. The van der Waals surface area contributed by atoms with Crippen LogP contribution in [-0.4, -0.2) is 48.9 Å². The molecule has 1 fully saturated rings. The van der Waals surface area contributed by atoms with Crippen LogP contribution in [0.15, 0.2) is 18.5 Å². The topological polar surface area (TPSA) is 107 Å². The molecular formula is C19H30N4O4. The van der Waals surface area contributed by atoms with Gasteiger partial charge in [0.15, 0.2) is 0 Å². The van der Waals surface area contributed by atoms with Crippen LogP contribution >= 0.6 is 0 Å². The first-order chi connectivity index (χ1) is 12.6. The fourth-order valence-corrected chi connectivity index (χ4v) is 3.52. The van der Waals surface area contributed by atoms with Crippen LogP contribution in [0.5, 0.6) is 0 Å². The molecule has 0 unspecified atom stereocenters. The molecule has 0 aliphatic carbocycles. The van der Waals surface area contributed by atoms with Gasteiger partial charge in [-0.1, -0.05) is 6.92 Å². The molecule has 0 spiro atoms. The molecule has 1 aliphatic rings. The molecule has 8 nitrogen and oxygen atoms in total. The molecule has 0 bridgehead atoms. The predicted octanol–water partition coefficient (Wildman–Crippen LogP) is 2.19. The number of nitrogen functional groups attached to an aromatic ring is 1. The second-order valence-corrected chi connectivity index (χ2v) is 8.03. The zero-order valence-corrected chi connectivity index (χ0v) is 16.7. The highest BCUT2D eigenvalue weighted by Gasteiger charge is 2.38. The summed E-state index contributed by atoms with van der Waals surface area (Å²) < 4.78 is 10.2. The average Bonchev–Trinajstić information content (AvgIpc) is 2.56. The summed E-state index contributed by atoms with van der Waals surface area (Å²) in [5, 5.41) is 2.88. The first-order valence-corrected chi connectivity index (χ1v) is 9.11. The third kappa shape index (κ3) is 5.74. The molecule has 0 radical (unpaired) electrons. The van der Waals surface area contributed by atoms with Crippen molar-refractivity contribution in [2.24, 2.45) is 11.8 Å². The number of carbonyl (C=O) groups is 2. The van der Waals surface area contributed by atoms with Gasteiger partial charge in [-0.05, 0) is 32.8 Å². The number of piperidine rings is 1. The number of esters is 1. The Balaban J connectivity index is 2.22. The minimum Gasteiger partial charge on any atom is -0.460 e. The first-order valence-electron chi connectivity index (χ1n) is 9.11. The monoisotopic (exact) mass is 378 g/mol. The molecule has 0 aromatic carbocycles. The lowest BCUT2D eigenvalue weighted by atomic mass is 9.82. The van der Waals surface area contributed by atoms with Gasteiger partial charge in [0.2, 0.25) is 0 Å². The molecule has 1 amide bonds. The van der Waals surface area contributed by atoms with Gasteiger partial charge >= 0.3 is 12.1 Å². The van der Waals surface area contributed by atoms with Crippen molar-refractivity contribution in [1.82, 2.24) is 10.3 Å². The van der Waals surface area contributed by atoms with Crippen molar-refractivity contribution in [3.63, 3.8) is 0 Å². The molecule has 0 saturated carbocycles. The minimum atomic E-state index is -0.558. The highest BCUT2D eigenvalue weighted by Crippen LogP contribution is 2.32. The Morgan fingerprint density at radius 1 is 1.37 bits per heavy atom. The summed E-state index contributed by atoms with van der Waals surface area (Å²) in [6.07, 6.45) is 3.00. The number of pyridine rings is 1. The zero-order valence-electron chi connectivity index (χ0n) is 16.7. The van der Waals surface area contributed by atoms with Crippen molar-refractivity contribution in [1.29, 1.82) is 0 Å². The number of amides is 1. The number of rotatable bonds is 4. The van der Waals surface area contributed by atoms with Crippen LogP contribution in [0.3, 0.4) is 0 Å². The number of alkyl carbamates (subject to hydrolysis) is 1. The van der Waals surface area contributed by atoms with Gasteiger partial charge in [-0.15, -0.1) is 0 Å². The SMILES string of the molecule is COC(=O)N[C@@H]1[C@H](CC(=O)OC(C)(C)C)CN(c2ccncc2N)C[C@@H]1C. The maximum absolute atomic E-state index is 12.4. The van der Waals surface area contributed by atoms with Crippen molar-refractivity contribution in [3.05, 3.63) is 18.5 Å². The van der Waals surface area contributed by atoms with E-state index in [4.69, 9.17) is 15.2 Å². The number of aromatic nitrogens is 1. The van der Waals surface area contributed by atoms with E-state index >= 15 is 0 Å². The molecule has 8 heteroatoms. The Kier molecular flexibility index (Phi) is 6.51. The zero-order chi connectivity index (χ0) is 20.2. The largest absolute Gasteiger partial charge is 0.460 e. The smallest absolute Gasteiger partial charge is 0.407 e. The van der Waals surface area contributed by atoms with Crippen molar-refractivity contribution >= 4 is 23.4 Å². The summed E-state index contributed by atoms with van der Waals surface area (Å²) >= 11 is 0. The van der Waals surface area contributed by atoms with Crippen molar-refractivity contribution < 1.29 is 19.1 Å². The lowest BCUT2D eigenvalue weighted by Crippen LogP contribution is -2.56. The summed E-state index contributed by atoms with van der Waals surface area (Å²) in [5.41, 5.74) is 6.98. The van der Waals surface area contributed by atoms with Crippen LogP contribution in [-0.2, 0) is 14.3 Å². The van der Waals surface area contributed by atoms with Crippen molar-refractivity contribution in [2.45, 2.75) is 45.8 Å². The molecule has 1 aromatic rings. The summed E-state index contributed by atoms with van der Waals surface area (Å²) in [4.78, 5) is 30.4. The maximum Gasteiger partial charge on any atom is 0.407 e. The third-order valence-electron chi connectivity index (χ3n) is 4.57.